The fraction of sp³-hybridized carbons (Fsp3) is 0.444. The zero-order valence-electron chi connectivity index (χ0n) is 13.7. The van der Waals surface area contributed by atoms with Crippen molar-refractivity contribution in [2.75, 3.05) is 13.7 Å². The molecule has 1 amide bonds. The standard InChI is InChI=1S/C18H21NO3S2/c1-22-15-7-6-13(10-14(15)20)11-16-17(21)19(18(23)24-16)9-8-12-4-2-3-5-12/h6-7,10-12,20H,2-5,8-9H2,1H3. The van der Waals surface area contributed by atoms with Gasteiger partial charge in [-0.15, -0.1) is 0 Å². The van der Waals surface area contributed by atoms with Gasteiger partial charge in [-0.2, -0.15) is 0 Å². The first-order valence-electron chi connectivity index (χ1n) is 8.21. The number of benzene rings is 1. The molecule has 128 valence electrons. The fourth-order valence-corrected chi connectivity index (χ4v) is 4.56. The molecule has 1 saturated heterocycles. The largest absolute Gasteiger partial charge is 0.504 e. The van der Waals surface area contributed by atoms with E-state index in [0.717, 1.165) is 17.9 Å². The summed E-state index contributed by atoms with van der Waals surface area (Å²) in [6.45, 7) is 0.709. The third-order valence-electron chi connectivity index (χ3n) is 4.61. The molecule has 4 nitrogen and oxygen atoms in total. The maximum Gasteiger partial charge on any atom is 0.266 e. The van der Waals surface area contributed by atoms with E-state index in [1.165, 1.54) is 44.6 Å². The van der Waals surface area contributed by atoms with E-state index in [-0.39, 0.29) is 11.7 Å². The Morgan fingerprint density at radius 1 is 1.42 bits per heavy atom. The van der Waals surface area contributed by atoms with Crippen LogP contribution in [0.4, 0.5) is 0 Å². The molecule has 0 aromatic heterocycles. The normalized spacial score (nSPS) is 20.4. The highest BCUT2D eigenvalue weighted by Gasteiger charge is 2.32. The van der Waals surface area contributed by atoms with Crippen molar-refractivity contribution in [2.45, 2.75) is 32.1 Å². The van der Waals surface area contributed by atoms with Crippen LogP contribution in [0.15, 0.2) is 23.1 Å². The monoisotopic (exact) mass is 363 g/mol. The number of ether oxygens (including phenoxy) is 1. The molecular formula is C18H21NO3S2. The van der Waals surface area contributed by atoms with Crippen LogP contribution in [-0.2, 0) is 4.79 Å². The number of phenolic OH excluding ortho intramolecular Hbond substituents is 1. The molecule has 1 aliphatic heterocycles. The number of thiocarbonyl (C=S) groups is 1. The lowest BCUT2D eigenvalue weighted by atomic mass is 10.0. The molecule has 6 heteroatoms. The van der Waals surface area contributed by atoms with Crippen molar-refractivity contribution in [3.05, 3.63) is 28.7 Å². The molecule has 0 atom stereocenters. The lowest BCUT2D eigenvalue weighted by Crippen LogP contribution is -2.30. The summed E-state index contributed by atoms with van der Waals surface area (Å²) < 4.78 is 5.66. The van der Waals surface area contributed by atoms with Crippen LogP contribution < -0.4 is 4.74 Å². The van der Waals surface area contributed by atoms with Gasteiger partial charge in [0.05, 0.1) is 12.0 Å². The molecule has 0 spiro atoms. The second-order valence-electron chi connectivity index (χ2n) is 6.20. The molecule has 1 aromatic carbocycles. The highest BCUT2D eigenvalue weighted by molar-refractivity contribution is 8.26. The fourth-order valence-electron chi connectivity index (χ4n) is 3.25. The van der Waals surface area contributed by atoms with E-state index in [2.05, 4.69) is 0 Å². The van der Waals surface area contributed by atoms with Gasteiger partial charge < -0.3 is 9.84 Å². The molecule has 2 fully saturated rings. The van der Waals surface area contributed by atoms with Crippen molar-refractivity contribution in [1.82, 2.24) is 4.90 Å². The Hall–Kier alpha value is -1.53. The highest BCUT2D eigenvalue weighted by atomic mass is 32.2. The molecule has 1 aliphatic carbocycles. The summed E-state index contributed by atoms with van der Waals surface area (Å²) in [6, 6.07) is 5.08. The number of thioether (sulfide) groups is 1. The minimum atomic E-state index is -0.0293. The van der Waals surface area contributed by atoms with Crippen LogP contribution in [-0.4, -0.2) is 33.9 Å². The number of aromatic hydroxyl groups is 1. The minimum absolute atomic E-state index is 0.0293. The smallest absolute Gasteiger partial charge is 0.266 e. The van der Waals surface area contributed by atoms with E-state index in [9.17, 15) is 9.90 Å². The summed E-state index contributed by atoms with van der Waals surface area (Å²) in [7, 11) is 1.50. The predicted molar refractivity (Wildman–Crippen MR) is 101 cm³/mol. The third-order valence-corrected chi connectivity index (χ3v) is 5.99. The molecule has 1 saturated carbocycles. The summed E-state index contributed by atoms with van der Waals surface area (Å²) in [4.78, 5) is 14.9. The van der Waals surface area contributed by atoms with E-state index in [4.69, 9.17) is 17.0 Å². The van der Waals surface area contributed by atoms with Crippen LogP contribution in [0.1, 0.15) is 37.7 Å². The van der Waals surface area contributed by atoms with E-state index >= 15 is 0 Å². The lowest BCUT2D eigenvalue weighted by molar-refractivity contribution is -0.122. The number of carbonyl (C=O) groups is 1. The zero-order chi connectivity index (χ0) is 17.1. The summed E-state index contributed by atoms with van der Waals surface area (Å²) in [5.74, 6) is 1.18. The average molecular weight is 364 g/mol. The number of amides is 1. The van der Waals surface area contributed by atoms with Gasteiger partial charge in [-0.25, -0.2) is 0 Å². The van der Waals surface area contributed by atoms with E-state index < -0.39 is 0 Å². The van der Waals surface area contributed by atoms with Gasteiger partial charge in [0.25, 0.3) is 5.91 Å². The molecule has 1 heterocycles. The molecule has 1 N–H and O–H groups in total. The van der Waals surface area contributed by atoms with Crippen molar-refractivity contribution in [3.63, 3.8) is 0 Å². The van der Waals surface area contributed by atoms with E-state index in [1.54, 1.807) is 23.1 Å². The van der Waals surface area contributed by atoms with Crippen molar-refractivity contribution in [2.24, 2.45) is 5.92 Å². The SMILES string of the molecule is COc1ccc(C=C2SC(=S)N(CCC3CCCC3)C2=O)cc1O. The number of nitrogens with zero attached hydrogens (tertiary/aromatic N) is 1. The van der Waals surface area contributed by atoms with Crippen LogP contribution in [0, 0.1) is 5.92 Å². The van der Waals surface area contributed by atoms with Crippen molar-refractivity contribution in [3.8, 4) is 11.5 Å². The van der Waals surface area contributed by atoms with Crippen LogP contribution in [0.3, 0.4) is 0 Å². The quantitative estimate of drug-likeness (QED) is 0.628. The Morgan fingerprint density at radius 2 is 2.17 bits per heavy atom. The Kier molecular flexibility index (Phi) is 5.46. The number of hydrogen-bond donors (Lipinski definition) is 1. The molecule has 2 aliphatic rings. The van der Waals surface area contributed by atoms with Crippen LogP contribution in [0.2, 0.25) is 0 Å². The van der Waals surface area contributed by atoms with Crippen LogP contribution in [0.25, 0.3) is 6.08 Å². The van der Waals surface area contributed by atoms with Gasteiger partial charge in [-0.1, -0.05) is 55.7 Å². The van der Waals surface area contributed by atoms with Crippen molar-refractivity contribution < 1.29 is 14.6 Å². The summed E-state index contributed by atoms with van der Waals surface area (Å²) in [5.41, 5.74) is 0.754. The zero-order valence-corrected chi connectivity index (χ0v) is 15.3. The minimum Gasteiger partial charge on any atom is -0.504 e. The van der Waals surface area contributed by atoms with Gasteiger partial charge in [0.1, 0.15) is 4.32 Å². The van der Waals surface area contributed by atoms with Crippen molar-refractivity contribution in [1.29, 1.82) is 0 Å². The van der Waals surface area contributed by atoms with E-state index in [1.807, 2.05) is 6.07 Å². The molecule has 3 rings (SSSR count). The number of phenols is 1. The van der Waals surface area contributed by atoms with Gasteiger partial charge in [-0.3, -0.25) is 9.69 Å². The molecule has 0 bridgehead atoms. The van der Waals surface area contributed by atoms with Gasteiger partial charge >= 0.3 is 0 Å². The number of hydrogen-bond acceptors (Lipinski definition) is 5. The van der Waals surface area contributed by atoms with Gasteiger partial charge in [-0.05, 0) is 36.1 Å². The highest BCUT2D eigenvalue weighted by Crippen LogP contribution is 2.35. The first kappa shape index (κ1) is 17.3. The Morgan fingerprint density at radius 3 is 2.83 bits per heavy atom. The second-order valence-corrected chi connectivity index (χ2v) is 7.88. The summed E-state index contributed by atoms with van der Waals surface area (Å²) in [6.07, 6.45) is 7.97. The number of carbonyl (C=O) groups excluding carboxylic acids is 1. The topological polar surface area (TPSA) is 49.8 Å². The van der Waals surface area contributed by atoms with Crippen molar-refractivity contribution >= 4 is 40.3 Å². The summed E-state index contributed by atoms with van der Waals surface area (Å²) >= 11 is 6.71. The van der Waals surface area contributed by atoms with Gasteiger partial charge in [0.15, 0.2) is 11.5 Å². The lowest BCUT2D eigenvalue weighted by Gasteiger charge is -2.17. The third kappa shape index (κ3) is 3.75. The van der Waals surface area contributed by atoms with Gasteiger partial charge in [0.2, 0.25) is 0 Å². The number of methoxy groups -OCH3 is 1. The Bertz CT molecular complexity index is 681. The maximum absolute atomic E-state index is 12.6. The number of rotatable bonds is 5. The maximum atomic E-state index is 12.6. The first-order valence-corrected chi connectivity index (χ1v) is 9.43. The summed E-state index contributed by atoms with van der Waals surface area (Å²) in [5, 5.41) is 9.86. The van der Waals surface area contributed by atoms with Gasteiger partial charge in [0, 0.05) is 6.54 Å². The average Bonchev–Trinajstić information content (AvgIpc) is 3.15. The Labute approximate surface area is 151 Å². The molecule has 0 radical (unpaired) electrons. The second kappa shape index (κ2) is 7.57. The van der Waals surface area contributed by atoms with Crippen LogP contribution in [0.5, 0.6) is 11.5 Å². The van der Waals surface area contributed by atoms with E-state index in [0.29, 0.717) is 21.5 Å². The predicted octanol–water partition coefficient (Wildman–Crippen LogP) is 4.18. The molecule has 24 heavy (non-hydrogen) atoms. The Balaban J connectivity index is 1.69. The first-order chi connectivity index (χ1) is 11.6. The molecule has 1 aromatic rings. The van der Waals surface area contributed by atoms with Crippen LogP contribution >= 0.6 is 24.0 Å². The molecule has 0 unspecified atom stereocenters. The molecular weight excluding hydrogens is 342 g/mol.